The van der Waals surface area contributed by atoms with Crippen molar-refractivity contribution in [2.45, 2.75) is 5.92 Å². The standard InChI is InChI=1S/C21H17ClN4O/c1-26(2)13-7-8-14-18(10-13)27-21(24)16(11-23)19(14)15-9-12-5-3-4-6-17(12)25-20(15)22/h3-10,16,19,24H,1-2H3. The monoisotopic (exact) mass is 376 g/mol. The van der Waals surface area contributed by atoms with Crippen LogP contribution in [0.1, 0.15) is 17.0 Å². The Hall–Kier alpha value is -3.10. The number of nitrogens with zero attached hydrogens (tertiary/aromatic N) is 3. The number of benzene rings is 2. The van der Waals surface area contributed by atoms with Crippen molar-refractivity contribution in [3.05, 3.63) is 64.8 Å². The molecular formula is C21H17ClN4O. The molecule has 4 rings (SSSR count). The highest BCUT2D eigenvalue weighted by atomic mass is 35.5. The molecule has 0 aliphatic carbocycles. The average molecular weight is 377 g/mol. The molecule has 1 aliphatic rings. The summed E-state index contributed by atoms with van der Waals surface area (Å²) in [6.07, 6.45) is 0. The molecule has 0 bridgehead atoms. The number of halogens is 1. The lowest BCUT2D eigenvalue weighted by Crippen LogP contribution is -2.31. The second kappa shape index (κ2) is 6.57. The first-order valence-electron chi connectivity index (χ1n) is 8.52. The van der Waals surface area contributed by atoms with Crippen molar-refractivity contribution in [3.63, 3.8) is 0 Å². The Morgan fingerprint density at radius 3 is 2.67 bits per heavy atom. The number of nitriles is 1. The number of anilines is 1. The van der Waals surface area contributed by atoms with Crippen molar-refractivity contribution in [2.75, 3.05) is 19.0 Å². The fourth-order valence-corrected chi connectivity index (χ4v) is 3.73. The van der Waals surface area contributed by atoms with E-state index in [0.29, 0.717) is 10.9 Å². The second-order valence-corrected chi connectivity index (χ2v) is 7.09. The van der Waals surface area contributed by atoms with Gasteiger partial charge in [0.2, 0.25) is 5.90 Å². The molecule has 2 heterocycles. The summed E-state index contributed by atoms with van der Waals surface area (Å²) in [5.74, 6) is -0.669. The minimum Gasteiger partial charge on any atom is -0.442 e. The lowest BCUT2D eigenvalue weighted by atomic mass is 9.79. The van der Waals surface area contributed by atoms with Crippen LogP contribution in [0.25, 0.3) is 10.9 Å². The Morgan fingerprint density at radius 1 is 1.15 bits per heavy atom. The molecule has 1 aliphatic heterocycles. The van der Waals surface area contributed by atoms with Gasteiger partial charge in [-0.25, -0.2) is 4.98 Å². The maximum Gasteiger partial charge on any atom is 0.205 e. The Morgan fingerprint density at radius 2 is 1.93 bits per heavy atom. The van der Waals surface area contributed by atoms with Crippen LogP contribution in [0.3, 0.4) is 0 Å². The van der Waals surface area contributed by atoms with Crippen molar-refractivity contribution in [1.29, 1.82) is 10.7 Å². The molecule has 2 aromatic carbocycles. The number of nitrogens with one attached hydrogen (secondary N) is 1. The maximum absolute atomic E-state index is 9.72. The van der Waals surface area contributed by atoms with Gasteiger partial charge in [-0.3, -0.25) is 5.41 Å². The largest absolute Gasteiger partial charge is 0.442 e. The zero-order valence-electron chi connectivity index (χ0n) is 14.9. The quantitative estimate of drug-likeness (QED) is 0.663. The first kappa shape index (κ1) is 17.3. The zero-order valence-corrected chi connectivity index (χ0v) is 15.7. The number of hydrogen-bond donors (Lipinski definition) is 1. The first-order valence-corrected chi connectivity index (χ1v) is 8.89. The molecule has 0 saturated carbocycles. The minimum absolute atomic E-state index is 0.0740. The van der Waals surface area contributed by atoms with E-state index in [9.17, 15) is 5.26 Å². The normalized spacial score (nSPS) is 18.5. The summed E-state index contributed by atoms with van der Waals surface area (Å²) in [7, 11) is 3.88. The molecule has 27 heavy (non-hydrogen) atoms. The van der Waals surface area contributed by atoms with Gasteiger partial charge in [0, 0.05) is 42.7 Å². The molecule has 6 heteroatoms. The van der Waals surface area contributed by atoms with E-state index in [2.05, 4.69) is 11.1 Å². The molecule has 3 aromatic rings. The lowest BCUT2D eigenvalue weighted by Gasteiger charge is -2.31. The van der Waals surface area contributed by atoms with E-state index in [1.54, 1.807) is 0 Å². The van der Waals surface area contributed by atoms with E-state index in [1.165, 1.54) is 0 Å². The number of para-hydroxylation sites is 1. The van der Waals surface area contributed by atoms with Crippen LogP contribution in [0.5, 0.6) is 5.75 Å². The highest BCUT2D eigenvalue weighted by molar-refractivity contribution is 6.30. The van der Waals surface area contributed by atoms with E-state index >= 15 is 0 Å². The molecule has 1 aromatic heterocycles. The maximum atomic E-state index is 9.72. The summed E-state index contributed by atoms with van der Waals surface area (Å²) >= 11 is 6.51. The van der Waals surface area contributed by atoms with Crippen LogP contribution in [0, 0.1) is 22.7 Å². The third-order valence-corrected chi connectivity index (χ3v) is 5.17. The predicted octanol–water partition coefficient (Wildman–Crippen LogP) is 4.60. The van der Waals surface area contributed by atoms with Gasteiger partial charge >= 0.3 is 0 Å². The van der Waals surface area contributed by atoms with E-state index < -0.39 is 11.8 Å². The Kier molecular flexibility index (Phi) is 4.21. The Bertz CT molecular complexity index is 1100. The van der Waals surface area contributed by atoms with Gasteiger partial charge in [-0.2, -0.15) is 5.26 Å². The van der Waals surface area contributed by atoms with Crippen molar-refractivity contribution >= 4 is 34.1 Å². The summed E-state index contributed by atoms with van der Waals surface area (Å²) in [6, 6.07) is 17.7. The van der Waals surface area contributed by atoms with E-state index in [-0.39, 0.29) is 5.90 Å². The van der Waals surface area contributed by atoms with Gasteiger partial charge in [0.1, 0.15) is 16.8 Å². The molecule has 2 unspecified atom stereocenters. The summed E-state index contributed by atoms with van der Waals surface area (Å²) in [5, 5.41) is 19.3. The summed E-state index contributed by atoms with van der Waals surface area (Å²) < 4.78 is 5.68. The molecule has 0 fully saturated rings. The van der Waals surface area contributed by atoms with Crippen LogP contribution >= 0.6 is 11.6 Å². The molecule has 0 radical (unpaired) electrons. The third-order valence-electron chi connectivity index (χ3n) is 4.86. The van der Waals surface area contributed by atoms with Crippen LogP contribution in [0.4, 0.5) is 5.69 Å². The average Bonchev–Trinajstić information content (AvgIpc) is 2.66. The molecular weight excluding hydrogens is 360 g/mol. The molecule has 0 spiro atoms. The third kappa shape index (κ3) is 2.88. The highest BCUT2D eigenvalue weighted by Crippen LogP contribution is 2.45. The van der Waals surface area contributed by atoms with Crippen molar-refractivity contribution in [1.82, 2.24) is 4.98 Å². The predicted molar refractivity (Wildman–Crippen MR) is 107 cm³/mol. The number of ether oxygens (including phenoxy) is 1. The Balaban J connectivity index is 1.94. The van der Waals surface area contributed by atoms with Gasteiger partial charge in [0.05, 0.1) is 11.6 Å². The molecule has 1 N–H and O–H groups in total. The van der Waals surface area contributed by atoms with E-state index in [0.717, 1.165) is 27.7 Å². The molecule has 0 amide bonds. The summed E-state index contributed by atoms with van der Waals surface area (Å²) in [4.78, 5) is 6.46. The van der Waals surface area contributed by atoms with E-state index in [1.807, 2.05) is 67.5 Å². The Labute approximate surface area is 162 Å². The molecule has 2 atom stereocenters. The topological polar surface area (TPSA) is 73.0 Å². The summed E-state index contributed by atoms with van der Waals surface area (Å²) in [5.41, 5.74) is 3.32. The molecule has 134 valence electrons. The van der Waals surface area contributed by atoms with Crippen molar-refractivity contribution < 1.29 is 4.74 Å². The molecule has 5 nitrogen and oxygen atoms in total. The number of pyridine rings is 1. The number of aromatic nitrogens is 1. The smallest absolute Gasteiger partial charge is 0.205 e. The minimum atomic E-state index is -0.761. The zero-order chi connectivity index (χ0) is 19.1. The number of fused-ring (bicyclic) bond motifs is 2. The van der Waals surface area contributed by atoms with Gasteiger partial charge in [0.15, 0.2) is 0 Å². The van der Waals surface area contributed by atoms with Gasteiger partial charge in [0.25, 0.3) is 0 Å². The number of hydrogen-bond acceptors (Lipinski definition) is 5. The van der Waals surface area contributed by atoms with E-state index in [4.69, 9.17) is 21.7 Å². The lowest BCUT2D eigenvalue weighted by molar-refractivity contribution is 0.450. The van der Waals surface area contributed by atoms with Crippen LogP contribution in [-0.2, 0) is 0 Å². The fraction of sp³-hybridized carbons (Fsp3) is 0.190. The van der Waals surface area contributed by atoms with Gasteiger partial charge in [-0.05, 0) is 23.8 Å². The second-order valence-electron chi connectivity index (χ2n) is 6.73. The van der Waals surface area contributed by atoms with Crippen LogP contribution in [0.15, 0.2) is 48.5 Å². The fourth-order valence-electron chi connectivity index (χ4n) is 3.47. The number of rotatable bonds is 2. The summed E-state index contributed by atoms with van der Waals surface area (Å²) in [6.45, 7) is 0. The van der Waals surface area contributed by atoms with Crippen LogP contribution in [0.2, 0.25) is 5.15 Å². The van der Waals surface area contributed by atoms with Crippen LogP contribution < -0.4 is 9.64 Å². The van der Waals surface area contributed by atoms with Gasteiger partial charge < -0.3 is 9.64 Å². The highest BCUT2D eigenvalue weighted by Gasteiger charge is 2.38. The van der Waals surface area contributed by atoms with Gasteiger partial charge in [-0.15, -0.1) is 0 Å². The first-order chi connectivity index (χ1) is 13.0. The van der Waals surface area contributed by atoms with Crippen LogP contribution in [-0.4, -0.2) is 25.0 Å². The SMILES string of the molecule is CN(C)c1ccc2c(c1)OC(=N)C(C#N)C2c1cc2ccccc2nc1Cl. The molecule has 0 saturated heterocycles. The van der Waals surface area contributed by atoms with Gasteiger partial charge in [-0.1, -0.05) is 35.9 Å². The van der Waals surface area contributed by atoms with Crippen molar-refractivity contribution in [3.8, 4) is 11.8 Å². The van der Waals surface area contributed by atoms with Crippen molar-refractivity contribution in [2.24, 2.45) is 5.92 Å².